The molecule has 0 amide bonds. The van der Waals surface area contributed by atoms with E-state index in [-0.39, 0.29) is 18.8 Å². The normalized spacial score (nSPS) is 39.4. The molecule has 1 heterocycles. The highest BCUT2D eigenvalue weighted by atomic mass is 16.6. The fourth-order valence-electron chi connectivity index (χ4n) is 1.43. The first-order chi connectivity index (χ1) is 6.06. The molecule has 1 rings (SSSR count). The Balaban J connectivity index is 2.55. The fraction of sp³-hybridized carbons (Fsp3) is 0.875. The molecule has 13 heavy (non-hydrogen) atoms. The molecule has 1 saturated heterocycles. The molecule has 5 nitrogen and oxygen atoms in total. The molecule has 0 aliphatic carbocycles. The lowest BCUT2D eigenvalue weighted by Crippen LogP contribution is -2.34. The third kappa shape index (κ3) is 2.25. The number of hydrogen-bond donors (Lipinski definition) is 3. The second-order valence-electron chi connectivity index (χ2n) is 3.28. The quantitative estimate of drug-likeness (QED) is 0.501. The van der Waals surface area contributed by atoms with E-state index in [0.717, 1.165) is 0 Å². The molecular weight excluding hydrogens is 176 g/mol. The molecule has 1 aliphatic heterocycles. The Kier molecular flexibility index (Phi) is 3.38. The number of carbonyl (C=O) groups is 1. The van der Waals surface area contributed by atoms with E-state index in [4.69, 9.17) is 9.84 Å². The topological polar surface area (TPSA) is 87.0 Å². The van der Waals surface area contributed by atoms with Gasteiger partial charge in [0, 0.05) is 6.42 Å². The Morgan fingerprint density at radius 2 is 1.85 bits per heavy atom. The van der Waals surface area contributed by atoms with Gasteiger partial charge in [0.05, 0.1) is 12.7 Å². The molecule has 0 aromatic carbocycles. The van der Waals surface area contributed by atoms with E-state index < -0.39 is 24.4 Å². The molecule has 1 unspecified atom stereocenters. The molecule has 3 N–H and O–H groups in total. The monoisotopic (exact) mass is 190 g/mol. The summed E-state index contributed by atoms with van der Waals surface area (Å²) >= 11 is 0. The lowest BCUT2D eigenvalue weighted by Gasteiger charge is -2.11. The van der Waals surface area contributed by atoms with Gasteiger partial charge in [-0.3, -0.25) is 4.79 Å². The van der Waals surface area contributed by atoms with Gasteiger partial charge in [0.2, 0.25) is 0 Å². The lowest BCUT2D eigenvalue weighted by atomic mass is 10.0. The van der Waals surface area contributed by atoms with Gasteiger partial charge in [-0.15, -0.1) is 0 Å². The van der Waals surface area contributed by atoms with Gasteiger partial charge in [-0.25, -0.2) is 0 Å². The van der Waals surface area contributed by atoms with Crippen molar-refractivity contribution < 1.29 is 24.9 Å². The van der Waals surface area contributed by atoms with E-state index in [1.165, 1.54) is 6.92 Å². The maximum Gasteiger partial charge on any atom is 0.132 e. The molecule has 76 valence electrons. The van der Waals surface area contributed by atoms with Gasteiger partial charge in [0.15, 0.2) is 0 Å². The third-order valence-corrected chi connectivity index (χ3v) is 2.13. The molecule has 1 fully saturated rings. The van der Waals surface area contributed by atoms with Crippen molar-refractivity contribution in [1.29, 1.82) is 0 Å². The standard InChI is InChI=1S/C8H14O5/c1-4(10)2-5-7(11)8(12)6(3-9)13-5/h5-9,11-12H,2-3H2,1H3/t5?,6-,7+,8-/m1/s1. The van der Waals surface area contributed by atoms with Crippen LogP contribution in [0.1, 0.15) is 13.3 Å². The van der Waals surface area contributed by atoms with Crippen molar-refractivity contribution in [3.63, 3.8) is 0 Å². The van der Waals surface area contributed by atoms with Crippen molar-refractivity contribution in [2.75, 3.05) is 6.61 Å². The van der Waals surface area contributed by atoms with Gasteiger partial charge in [0.1, 0.15) is 24.1 Å². The number of hydrogen-bond acceptors (Lipinski definition) is 5. The van der Waals surface area contributed by atoms with Gasteiger partial charge in [0.25, 0.3) is 0 Å². The number of Topliss-reactive ketones (excluding diaryl/α,β-unsaturated/α-hetero) is 1. The maximum absolute atomic E-state index is 10.7. The van der Waals surface area contributed by atoms with Crippen LogP contribution in [0.5, 0.6) is 0 Å². The average molecular weight is 190 g/mol. The highest BCUT2D eigenvalue weighted by Crippen LogP contribution is 2.23. The SMILES string of the molecule is CC(=O)CC1O[C@H](CO)[C@@H](O)[C@H]1O. The largest absolute Gasteiger partial charge is 0.394 e. The zero-order chi connectivity index (χ0) is 10.0. The fourth-order valence-corrected chi connectivity index (χ4v) is 1.43. The Morgan fingerprint density at radius 3 is 2.23 bits per heavy atom. The third-order valence-electron chi connectivity index (χ3n) is 2.13. The number of carbonyl (C=O) groups excluding carboxylic acids is 1. The summed E-state index contributed by atoms with van der Waals surface area (Å²) in [4.78, 5) is 10.7. The summed E-state index contributed by atoms with van der Waals surface area (Å²) in [5.41, 5.74) is 0. The Morgan fingerprint density at radius 1 is 1.31 bits per heavy atom. The summed E-state index contributed by atoms with van der Waals surface area (Å²) in [6.07, 6.45) is -3.59. The van der Waals surface area contributed by atoms with Crippen molar-refractivity contribution >= 4 is 5.78 Å². The van der Waals surface area contributed by atoms with Crippen LogP contribution in [0.15, 0.2) is 0 Å². The zero-order valence-corrected chi connectivity index (χ0v) is 7.38. The maximum atomic E-state index is 10.7. The van der Waals surface area contributed by atoms with Crippen LogP contribution in [-0.4, -0.2) is 52.1 Å². The zero-order valence-electron chi connectivity index (χ0n) is 7.38. The Labute approximate surface area is 75.9 Å². The minimum absolute atomic E-state index is 0.0642. The molecule has 0 radical (unpaired) electrons. The predicted octanol–water partition coefficient (Wildman–Crippen LogP) is -1.55. The number of rotatable bonds is 3. The van der Waals surface area contributed by atoms with Gasteiger partial charge in [-0.2, -0.15) is 0 Å². The smallest absolute Gasteiger partial charge is 0.132 e. The average Bonchev–Trinajstić information content (AvgIpc) is 2.32. The van der Waals surface area contributed by atoms with Gasteiger partial charge in [-0.1, -0.05) is 0 Å². The molecule has 0 aromatic heterocycles. The van der Waals surface area contributed by atoms with E-state index >= 15 is 0 Å². The summed E-state index contributed by atoms with van der Waals surface area (Å²) in [7, 11) is 0. The van der Waals surface area contributed by atoms with Crippen LogP contribution in [0.2, 0.25) is 0 Å². The Bertz CT molecular complexity index is 193. The van der Waals surface area contributed by atoms with Gasteiger partial charge >= 0.3 is 0 Å². The number of aliphatic hydroxyl groups excluding tert-OH is 3. The summed E-state index contributed by atoms with van der Waals surface area (Å²) in [6, 6.07) is 0. The molecule has 1 aliphatic rings. The van der Waals surface area contributed by atoms with Crippen LogP contribution in [-0.2, 0) is 9.53 Å². The first kappa shape index (κ1) is 10.6. The molecular formula is C8H14O5. The summed E-state index contributed by atoms with van der Waals surface area (Å²) in [5.74, 6) is -0.116. The molecule has 4 atom stereocenters. The lowest BCUT2D eigenvalue weighted by molar-refractivity contribution is -0.121. The first-order valence-electron chi connectivity index (χ1n) is 4.18. The van der Waals surface area contributed by atoms with E-state index in [2.05, 4.69) is 0 Å². The first-order valence-corrected chi connectivity index (χ1v) is 4.18. The van der Waals surface area contributed by atoms with Crippen LogP contribution in [0.25, 0.3) is 0 Å². The number of aliphatic hydroxyl groups is 3. The van der Waals surface area contributed by atoms with Crippen molar-refractivity contribution in [2.45, 2.75) is 37.8 Å². The predicted molar refractivity (Wildman–Crippen MR) is 43.1 cm³/mol. The minimum Gasteiger partial charge on any atom is -0.394 e. The molecule has 0 spiro atoms. The Hall–Kier alpha value is -0.490. The second-order valence-corrected chi connectivity index (χ2v) is 3.28. The van der Waals surface area contributed by atoms with E-state index in [1.807, 2.05) is 0 Å². The van der Waals surface area contributed by atoms with Crippen LogP contribution in [0.4, 0.5) is 0 Å². The van der Waals surface area contributed by atoms with Gasteiger partial charge < -0.3 is 20.1 Å². The van der Waals surface area contributed by atoms with Crippen LogP contribution < -0.4 is 0 Å². The number of ketones is 1. The summed E-state index contributed by atoms with van der Waals surface area (Å²) < 4.78 is 5.08. The van der Waals surface area contributed by atoms with E-state index in [0.29, 0.717) is 0 Å². The molecule has 5 heteroatoms. The van der Waals surface area contributed by atoms with E-state index in [9.17, 15) is 15.0 Å². The second kappa shape index (κ2) is 4.15. The van der Waals surface area contributed by atoms with Crippen molar-refractivity contribution in [1.82, 2.24) is 0 Å². The molecule has 0 bridgehead atoms. The summed E-state index contributed by atoms with van der Waals surface area (Å²) in [6.45, 7) is 1.03. The molecule has 0 saturated carbocycles. The highest BCUT2D eigenvalue weighted by molar-refractivity contribution is 5.76. The van der Waals surface area contributed by atoms with Crippen molar-refractivity contribution in [3.8, 4) is 0 Å². The van der Waals surface area contributed by atoms with Crippen LogP contribution >= 0.6 is 0 Å². The molecule has 0 aromatic rings. The van der Waals surface area contributed by atoms with Gasteiger partial charge in [-0.05, 0) is 6.92 Å². The van der Waals surface area contributed by atoms with E-state index in [1.54, 1.807) is 0 Å². The van der Waals surface area contributed by atoms with Crippen molar-refractivity contribution in [3.05, 3.63) is 0 Å². The number of ether oxygens (including phenoxy) is 1. The van der Waals surface area contributed by atoms with Crippen LogP contribution in [0.3, 0.4) is 0 Å². The van der Waals surface area contributed by atoms with Crippen molar-refractivity contribution in [2.24, 2.45) is 0 Å². The van der Waals surface area contributed by atoms with Crippen LogP contribution in [0, 0.1) is 0 Å². The minimum atomic E-state index is -1.10. The highest BCUT2D eigenvalue weighted by Gasteiger charge is 2.42. The summed E-state index contributed by atoms with van der Waals surface area (Å²) in [5, 5.41) is 27.4.